The van der Waals surface area contributed by atoms with Crippen molar-refractivity contribution in [2.75, 3.05) is 39.9 Å². The monoisotopic (exact) mass is 336 g/mol. The van der Waals surface area contributed by atoms with Crippen molar-refractivity contribution >= 4 is 0 Å². The first kappa shape index (κ1) is 20.8. The number of likely N-dealkylation sites (N-methyl/N-ethyl adjacent to an activating group) is 1. The molecular formula is C20H36N2O2. The van der Waals surface area contributed by atoms with Gasteiger partial charge < -0.3 is 19.7 Å². The highest BCUT2D eigenvalue weighted by Gasteiger charge is 2.10. The second-order valence-electron chi connectivity index (χ2n) is 6.06. The van der Waals surface area contributed by atoms with Gasteiger partial charge in [-0.05, 0) is 25.6 Å². The smallest absolute Gasteiger partial charge is 0.165 e. The van der Waals surface area contributed by atoms with Crippen LogP contribution in [0, 0.1) is 0 Å². The summed E-state index contributed by atoms with van der Waals surface area (Å²) in [5, 5.41) is 3.53. The molecule has 138 valence electrons. The Morgan fingerprint density at radius 2 is 1.83 bits per heavy atom. The predicted octanol–water partition coefficient (Wildman–Crippen LogP) is 4.09. The summed E-state index contributed by atoms with van der Waals surface area (Å²) in [6.07, 6.45) is 4.84. The third-order valence-electron chi connectivity index (χ3n) is 4.34. The zero-order valence-electron chi connectivity index (χ0n) is 16.1. The van der Waals surface area contributed by atoms with Crippen LogP contribution in [0.2, 0.25) is 0 Å². The molecule has 0 aromatic heterocycles. The Labute approximate surface area is 148 Å². The van der Waals surface area contributed by atoms with Crippen LogP contribution in [0.4, 0.5) is 0 Å². The molecular weight excluding hydrogens is 300 g/mol. The van der Waals surface area contributed by atoms with Crippen LogP contribution in [0.15, 0.2) is 18.2 Å². The number of benzene rings is 1. The summed E-state index contributed by atoms with van der Waals surface area (Å²) in [4.78, 5) is 2.42. The van der Waals surface area contributed by atoms with Crippen molar-refractivity contribution in [2.45, 2.75) is 53.0 Å². The van der Waals surface area contributed by atoms with E-state index in [9.17, 15) is 0 Å². The Hall–Kier alpha value is -1.26. The number of para-hydroxylation sites is 1. The maximum Gasteiger partial charge on any atom is 0.165 e. The molecule has 0 saturated carbocycles. The number of unbranched alkanes of at least 4 members (excludes halogenated alkanes) is 3. The average molecular weight is 337 g/mol. The van der Waals surface area contributed by atoms with Gasteiger partial charge in [0.15, 0.2) is 11.5 Å². The molecule has 0 aliphatic rings. The summed E-state index contributed by atoms with van der Waals surface area (Å²) >= 11 is 0. The quantitative estimate of drug-likeness (QED) is 0.519. The third-order valence-corrected chi connectivity index (χ3v) is 4.34. The number of hydrogen-bond acceptors (Lipinski definition) is 4. The highest BCUT2D eigenvalue weighted by molar-refractivity contribution is 5.46. The maximum absolute atomic E-state index is 6.05. The Kier molecular flexibility index (Phi) is 11.3. The van der Waals surface area contributed by atoms with Gasteiger partial charge in [0, 0.05) is 25.2 Å². The number of rotatable bonds is 14. The molecule has 0 saturated heterocycles. The first-order valence-electron chi connectivity index (χ1n) is 9.48. The Morgan fingerprint density at radius 3 is 2.50 bits per heavy atom. The number of nitrogens with one attached hydrogen (secondary N) is 1. The van der Waals surface area contributed by atoms with E-state index in [4.69, 9.17) is 9.47 Å². The van der Waals surface area contributed by atoms with Gasteiger partial charge >= 0.3 is 0 Å². The lowest BCUT2D eigenvalue weighted by molar-refractivity contribution is 0.280. The summed E-state index contributed by atoms with van der Waals surface area (Å²) in [6.45, 7) is 12.5. The van der Waals surface area contributed by atoms with E-state index in [2.05, 4.69) is 37.1 Å². The summed E-state index contributed by atoms with van der Waals surface area (Å²) in [7, 11) is 1.71. The average Bonchev–Trinajstić information content (AvgIpc) is 2.62. The molecule has 0 heterocycles. The van der Waals surface area contributed by atoms with Crippen LogP contribution in [-0.2, 0) is 6.54 Å². The lowest BCUT2D eigenvalue weighted by atomic mass is 10.1. The van der Waals surface area contributed by atoms with Gasteiger partial charge in [-0.15, -0.1) is 0 Å². The van der Waals surface area contributed by atoms with Gasteiger partial charge in [0.25, 0.3) is 0 Å². The van der Waals surface area contributed by atoms with Gasteiger partial charge in [-0.25, -0.2) is 0 Å². The number of methoxy groups -OCH3 is 1. The summed E-state index contributed by atoms with van der Waals surface area (Å²) in [6, 6.07) is 6.12. The zero-order chi connectivity index (χ0) is 17.6. The molecule has 0 fully saturated rings. The van der Waals surface area contributed by atoms with E-state index in [1.807, 2.05) is 12.1 Å². The largest absolute Gasteiger partial charge is 0.493 e. The lowest BCUT2D eigenvalue weighted by Crippen LogP contribution is -2.31. The number of hydrogen-bond donors (Lipinski definition) is 1. The van der Waals surface area contributed by atoms with E-state index in [1.165, 1.54) is 24.8 Å². The molecule has 24 heavy (non-hydrogen) atoms. The molecule has 1 aromatic rings. The highest BCUT2D eigenvalue weighted by Crippen LogP contribution is 2.31. The first-order chi connectivity index (χ1) is 11.8. The van der Waals surface area contributed by atoms with Gasteiger partial charge in [-0.1, -0.05) is 52.2 Å². The van der Waals surface area contributed by atoms with E-state index in [-0.39, 0.29) is 0 Å². The van der Waals surface area contributed by atoms with Gasteiger partial charge in [-0.3, -0.25) is 0 Å². The maximum atomic E-state index is 6.05. The zero-order valence-corrected chi connectivity index (χ0v) is 16.1. The van der Waals surface area contributed by atoms with Gasteiger partial charge in [0.1, 0.15) is 0 Å². The Balaban J connectivity index is 2.52. The molecule has 0 spiro atoms. The molecule has 0 aliphatic carbocycles. The molecule has 4 heteroatoms. The van der Waals surface area contributed by atoms with E-state index in [0.29, 0.717) is 0 Å². The first-order valence-corrected chi connectivity index (χ1v) is 9.48. The van der Waals surface area contributed by atoms with Crippen molar-refractivity contribution in [3.05, 3.63) is 23.8 Å². The molecule has 1 aromatic carbocycles. The fourth-order valence-corrected chi connectivity index (χ4v) is 2.73. The molecule has 0 unspecified atom stereocenters. The van der Waals surface area contributed by atoms with E-state index in [0.717, 1.165) is 57.3 Å². The van der Waals surface area contributed by atoms with Crippen molar-refractivity contribution < 1.29 is 9.47 Å². The number of ether oxygens (including phenoxy) is 2. The predicted molar refractivity (Wildman–Crippen MR) is 102 cm³/mol. The van der Waals surface area contributed by atoms with E-state index < -0.39 is 0 Å². The molecule has 0 amide bonds. The van der Waals surface area contributed by atoms with Crippen LogP contribution in [0.25, 0.3) is 0 Å². The molecule has 0 radical (unpaired) electrons. The second kappa shape index (κ2) is 13.1. The van der Waals surface area contributed by atoms with Gasteiger partial charge in [0.2, 0.25) is 0 Å². The van der Waals surface area contributed by atoms with Gasteiger partial charge in [0.05, 0.1) is 13.7 Å². The SMILES string of the molecule is CCCCCCOc1c(CNCCN(CC)CC)cccc1OC. The summed E-state index contributed by atoms with van der Waals surface area (Å²) < 4.78 is 11.5. The minimum atomic E-state index is 0.757. The fourth-order valence-electron chi connectivity index (χ4n) is 2.73. The minimum absolute atomic E-state index is 0.757. The molecule has 1 N–H and O–H groups in total. The molecule has 4 nitrogen and oxygen atoms in total. The minimum Gasteiger partial charge on any atom is -0.493 e. The normalized spacial score (nSPS) is 11.0. The van der Waals surface area contributed by atoms with E-state index >= 15 is 0 Å². The number of nitrogens with zero attached hydrogens (tertiary/aromatic N) is 1. The summed E-state index contributed by atoms with van der Waals surface area (Å²) in [5.74, 6) is 1.72. The van der Waals surface area contributed by atoms with Crippen LogP contribution in [-0.4, -0.2) is 44.8 Å². The van der Waals surface area contributed by atoms with Crippen molar-refractivity contribution in [3.8, 4) is 11.5 Å². The fraction of sp³-hybridized carbons (Fsp3) is 0.700. The highest BCUT2D eigenvalue weighted by atomic mass is 16.5. The van der Waals surface area contributed by atoms with Crippen molar-refractivity contribution in [1.29, 1.82) is 0 Å². The molecule has 0 bridgehead atoms. The molecule has 0 aliphatic heterocycles. The topological polar surface area (TPSA) is 33.7 Å². The van der Waals surface area contributed by atoms with Crippen LogP contribution in [0.1, 0.15) is 52.0 Å². The van der Waals surface area contributed by atoms with Crippen LogP contribution in [0.5, 0.6) is 11.5 Å². The van der Waals surface area contributed by atoms with Gasteiger partial charge in [-0.2, -0.15) is 0 Å². The van der Waals surface area contributed by atoms with Crippen LogP contribution in [0.3, 0.4) is 0 Å². The van der Waals surface area contributed by atoms with Crippen LogP contribution < -0.4 is 14.8 Å². The Morgan fingerprint density at radius 1 is 1.04 bits per heavy atom. The Bertz CT molecular complexity index is 434. The standard InChI is InChI=1S/C20H36N2O2/c1-5-8-9-10-16-24-20-18(12-11-13-19(20)23-4)17-21-14-15-22(6-2)7-3/h11-13,21H,5-10,14-17H2,1-4H3. The molecule has 0 atom stereocenters. The van der Waals surface area contributed by atoms with Crippen molar-refractivity contribution in [3.63, 3.8) is 0 Å². The summed E-state index contributed by atoms with van der Waals surface area (Å²) in [5.41, 5.74) is 1.17. The van der Waals surface area contributed by atoms with Crippen molar-refractivity contribution in [2.24, 2.45) is 0 Å². The molecule has 1 rings (SSSR count). The second-order valence-corrected chi connectivity index (χ2v) is 6.06. The third kappa shape index (κ3) is 7.54. The van der Waals surface area contributed by atoms with Crippen molar-refractivity contribution in [1.82, 2.24) is 10.2 Å². The lowest BCUT2D eigenvalue weighted by Gasteiger charge is -2.19. The van der Waals surface area contributed by atoms with Crippen LogP contribution >= 0.6 is 0 Å². The van der Waals surface area contributed by atoms with E-state index in [1.54, 1.807) is 7.11 Å².